The van der Waals surface area contributed by atoms with Gasteiger partial charge in [-0.3, -0.25) is 0 Å². The maximum atomic E-state index is 5.87. The van der Waals surface area contributed by atoms with E-state index in [0.717, 1.165) is 24.3 Å². The van der Waals surface area contributed by atoms with E-state index in [-0.39, 0.29) is 24.0 Å². The molecule has 0 amide bonds. The maximum absolute atomic E-state index is 5.87. The first kappa shape index (κ1) is 22.0. The summed E-state index contributed by atoms with van der Waals surface area (Å²) in [6.45, 7) is 8.98. The summed E-state index contributed by atoms with van der Waals surface area (Å²) in [6, 6.07) is 6.14. The quantitative estimate of drug-likeness (QED) is 0.271. The molecule has 6 heteroatoms. The second-order valence-electron chi connectivity index (χ2n) is 5.78. The van der Waals surface area contributed by atoms with E-state index in [4.69, 9.17) is 15.2 Å². The van der Waals surface area contributed by atoms with E-state index >= 15 is 0 Å². The third-order valence-corrected chi connectivity index (χ3v) is 3.08. The van der Waals surface area contributed by atoms with Crippen LogP contribution in [0.5, 0.6) is 5.75 Å². The number of aliphatic imine (C=N–C) groups is 1. The molecule has 0 bridgehead atoms. The summed E-state index contributed by atoms with van der Waals surface area (Å²) in [7, 11) is 1.69. The predicted octanol–water partition coefficient (Wildman–Crippen LogP) is 3.09. The first-order chi connectivity index (χ1) is 10.5. The van der Waals surface area contributed by atoms with Crippen molar-refractivity contribution < 1.29 is 9.47 Å². The number of guanidine groups is 1. The second-order valence-corrected chi connectivity index (χ2v) is 5.78. The Kier molecular flexibility index (Phi) is 11.9. The molecule has 0 atom stereocenters. The molecule has 23 heavy (non-hydrogen) atoms. The zero-order valence-electron chi connectivity index (χ0n) is 14.6. The minimum Gasteiger partial charge on any atom is -0.493 e. The molecule has 5 nitrogen and oxygen atoms in total. The van der Waals surface area contributed by atoms with Crippen molar-refractivity contribution in [3.63, 3.8) is 0 Å². The van der Waals surface area contributed by atoms with Crippen LogP contribution in [0, 0.1) is 12.8 Å². The average molecular weight is 435 g/mol. The zero-order valence-corrected chi connectivity index (χ0v) is 16.9. The van der Waals surface area contributed by atoms with Crippen molar-refractivity contribution in [1.29, 1.82) is 0 Å². The Hall–Kier alpha value is -1.02. The van der Waals surface area contributed by atoms with Crippen LogP contribution in [0.1, 0.15) is 31.4 Å². The fraction of sp³-hybridized carbons (Fsp3) is 0.588. The molecule has 0 saturated heterocycles. The maximum Gasteiger partial charge on any atom is 0.188 e. The number of hydrogen-bond acceptors (Lipinski definition) is 3. The van der Waals surface area contributed by atoms with Gasteiger partial charge in [-0.25, -0.2) is 4.99 Å². The van der Waals surface area contributed by atoms with E-state index in [1.54, 1.807) is 7.11 Å². The Bertz CT molecular complexity index is 479. The van der Waals surface area contributed by atoms with Crippen molar-refractivity contribution in [2.45, 2.75) is 33.7 Å². The van der Waals surface area contributed by atoms with E-state index in [9.17, 15) is 0 Å². The number of hydrogen-bond donors (Lipinski definition) is 2. The molecule has 132 valence electrons. The molecule has 0 aliphatic heterocycles. The van der Waals surface area contributed by atoms with Crippen LogP contribution in [-0.4, -0.2) is 32.8 Å². The molecule has 3 N–H and O–H groups in total. The SMILES string of the molecule is COCCCOc1cc(C)ccc1CN=C(N)NCC(C)C.I. The number of nitrogens with zero attached hydrogens (tertiary/aromatic N) is 1. The molecule has 0 radical (unpaired) electrons. The van der Waals surface area contributed by atoms with Gasteiger partial charge in [-0.2, -0.15) is 0 Å². The van der Waals surface area contributed by atoms with Crippen molar-refractivity contribution >= 4 is 29.9 Å². The van der Waals surface area contributed by atoms with E-state index in [1.165, 1.54) is 5.56 Å². The molecule has 1 rings (SSSR count). The highest BCUT2D eigenvalue weighted by atomic mass is 127. The van der Waals surface area contributed by atoms with Gasteiger partial charge in [0.1, 0.15) is 5.75 Å². The Morgan fingerprint density at radius 1 is 1.30 bits per heavy atom. The fourth-order valence-electron chi connectivity index (χ4n) is 1.85. The number of benzene rings is 1. The van der Waals surface area contributed by atoms with Crippen LogP contribution in [-0.2, 0) is 11.3 Å². The molecule has 0 fully saturated rings. The normalized spacial score (nSPS) is 11.3. The van der Waals surface area contributed by atoms with Crippen molar-refractivity contribution in [2.24, 2.45) is 16.6 Å². The highest BCUT2D eigenvalue weighted by Gasteiger charge is 2.04. The topological polar surface area (TPSA) is 68.9 Å². The number of methoxy groups -OCH3 is 1. The van der Waals surface area contributed by atoms with Crippen LogP contribution in [0.3, 0.4) is 0 Å². The Balaban J connectivity index is 0.00000484. The highest BCUT2D eigenvalue weighted by Crippen LogP contribution is 2.21. The summed E-state index contributed by atoms with van der Waals surface area (Å²) >= 11 is 0. The van der Waals surface area contributed by atoms with Gasteiger partial charge in [0.25, 0.3) is 0 Å². The van der Waals surface area contributed by atoms with Gasteiger partial charge >= 0.3 is 0 Å². The largest absolute Gasteiger partial charge is 0.493 e. The molecule has 0 heterocycles. The van der Waals surface area contributed by atoms with E-state index < -0.39 is 0 Å². The van der Waals surface area contributed by atoms with Gasteiger partial charge in [0, 0.05) is 32.2 Å². The van der Waals surface area contributed by atoms with Gasteiger partial charge in [-0.05, 0) is 24.5 Å². The molecular weight excluding hydrogens is 405 g/mol. The minimum absolute atomic E-state index is 0. The fourth-order valence-corrected chi connectivity index (χ4v) is 1.85. The second kappa shape index (κ2) is 12.4. The first-order valence-electron chi connectivity index (χ1n) is 7.78. The number of ether oxygens (including phenoxy) is 2. The predicted molar refractivity (Wildman–Crippen MR) is 107 cm³/mol. The average Bonchev–Trinajstić information content (AvgIpc) is 2.48. The van der Waals surface area contributed by atoms with Crippen LogP contribution in [0.4, 0.5) is 0 Å². The molecule has 0 aliphatic carbocycles. The number of nitrogens with two attached hydrogens (primary N) is 1. The molecule has 0 aliphatic rings. The summed E-state index contributed by atoms with van der Waals surface area (Å²) < 4.78 is 10.9. The third-order valence-electron chi connectivity index (χ3n) is 3.08. The lowest BCUT2D eigenvalue weighted by molar-refractivity contribution is 0.172. The van der Waals surface area contributed by atoms with E-state index in [0.29, 0.717) is 31.6 Å². The van der Waals surface area contributed by atoms with Crippen molar-refractivity contribution in [2.75, 3.05) is 26.9 Å². The zero-order chi connectivity index (χ0) is 16.4. The summed E-state index contributed by atoms with van der Waals surface area (Å²) in [6.07, 6.45) is 0.866. The standard InChI is InChI=1S/C17H29N3O2.HI/c1-13(2)11-19-17(18)20-12-15-7-6-14(3)10-16(15)22-9-5-8-21-4;/h6-7,10,13H,5,8-9,11-12H2,1-4H3,(H3,18,19,20);1H. The van der Waals surface area contributed by atoms with Crippen LogP contribution >= 0.6 is 24.0 Å². The Labute approximate surface area is 157 Å². The monoisotopic (exact) mass is 435 g/mol. The van der Waals surface area contributed by atoms with Crippen LogP contribution in [0.15, 0.2) is 23.2 Å². The third kappa shape index (κ3) is 9.65. The minimum atomic E-state index is 0. The first-order valence-corrected chi connectivity index (χ1v) is 7.78. The lowest BCUT2D eigenvalue weighted by Gasteiger charge is -2.12. The van der Waals surface area contributed by atoms with Crippen LogP contribution < -0.4 is 15.8 Å². The Morgan fingerprint density at radius 2 is 2.04 bits per heavy atom. The number of aryl methyl sites for hydroxylation is 1. The van der Waals surface area contributed by atoms with Gasteiger partial charge < -0.3 is 20.5 Å². The molecule has 1 aromatic carbocycles. The molecule has 0 saturated carbocycles. The Morgan fingerprint density at radius 3 is 2.70 bits per heavy atom. The van der Waals surface area contributed by atoms with Gasteiger partial charge in [-0.1, -0.05) is 26.0 Å². The molecule has 0 spiro atoms. The van der Waals surface area contributed by atoms with Crippen LogP contribution in [0.25, 0.3) is 0 Å². The number of rotatable bonds is 9. The molecule has 0 unspecified atom stereocenters. The van der Waals surface area contributed by atoms with Crippen LogP contribution in [0.2, 0.25) is 0 Å². The van der Waals surface area contributed by atoms with Gasteiger partial charge in [-0.15, -0.1) is 24.0 Å². The molecule has 0 aromatic heterocycles. The summed E-state index contributed by atoms with van der Waals surface area (Å²) in [4.78, 5) is 4.38. The van der Waals surface area contributed by atoms with E-state index in [2.05, 4.69) is 30.2 Å². The van der Waals surface area contributed by atoms with Gasteiger partial charge in [0.05, 0.1) is 13.2 Å². The van der Waals surface area contributed by atoms with Crippen molar-refractivity contribution in [1.82, 2.24) is 5.32 Å². The van der Waals surface area contributed by atoms with Gasteiger partial charge in [0.15, 0.2) is 5.96 Å². The molecular formula is C17H30IN3O2. The van der Waals surface area contributed by atoms with Crippen molar-refractivity contribution in [3.05, 3.63) is 29.3 Å². The lowest BCUT2D eigenvalue weighted by atomic mass is 10.1. The smallest absolute Gasteiger partial charge is 0.188 e. The highest BCUT2D eigenvalue weighted by molar-refractivity contribution is 14.0. The summed E-state index contributed by atoms with van der Waals surface area (Å²) in [5, 5.41) is 3.11. The van der Waals surface area contributed by atoms with Gasteiger partial charge in [0.2, 0.25) is 0 Å². The summed E-state index contributed by atoms with van der Waals surface area (Å²) in [5.41, 5.74) is 8.08. The number of nitrogens with one attached hydrogen (secondary N) is 1. The van der Waals surface area contributed by atoms with E-state index in [1.807, 2.05) is 19.1 Å². The molecule has 1 aromatic rings. The summed E-state index contributed by atoms with van der Waals surface area (Å²) in [5.74, 6) is 1.88. The van der Waals surface area contributed by atoms with Crippen molar-refractivity contribution in [3.8, 4) is 5.75 Å². The number of halogens is 1. The lowest BCUT2D eigenvalue weighted by Crippen LogP contribution is -2.34.